The molecule has 1 atom stereocenters. The Morgan fingerprint density at radius 2 is 2.12 bits per heavy atom. The molecule has 1 heterocycles. The number of carbonyl (C=O) groups is 1. The standard InChI is InChI=1S/C11H17ClN4O/c1-6(2)9-10(12)14-5-15-11(9)16-7(3)4-8(13)17/h5-7H,4H2,1-3H3,(H2,13,17)(H,14,15,16). The maximum atomic E-state index is 10.8. The molecule has 0 radical (unpaired) electrons. The summed E-state index contributed by atoms with van der Waals surface area (Å²) in [5.74, 6) is 0.511. The minimum atomic E-state index is -0.351. The first-order valence-corrected chi connectivity index (χ1v) is 5.84. The number of nitrogens with two attached hydrogens (primary N) is 1. The van der Waals surface area contributed by atoms with E-state index in [9.17, 15) is 4.79 Å². The number of hydrogen-bond acceptors (Lipinski definition) is 4. The molecule has 0 spiro atoms. The van der Waals surface area contributed by atoms with Gasteiger partial charge in [-0.15, -0.1) is 0 Å². The first-order chi connectivity index (χ1) is 7.91. The first-order valence-electron chi connectivity index (χ1n) is 5.47. The molecule has 0 fully saturated rings. The number of carbonyl (C=O) groups excluding carboxylic acids is 1. The highest BCUT2D eigenvalue weighted by Gasteiger charge is 2.15. The molecule has 0 aliphatic carbocycles. The minimum Gasteiger partial charge on any atom is -0.370 e. The van der Waals surface area contributed by atoms with Gasteiger partial charge in [0.1, 0.15) is 17.3 Å². The number of primary amides is 1. The number of rotatable bonds is 5. The lowest BCUT2D eigenvalue weighted by Crippen LogP contribution is -2.25. The van der Waals surface area contributed by atoms with Gasteiger partial charge in [-0.25, -0.2) is 9.97 Å². The predicted octanol–water partition coefficient (Wildman–Crippen LogP) is 1.93. The molecule has 0 aliphatic heterocycles. The Hall–Kier alpha value is -1.36. The molecule has 1 aromatic heterocycles. The van der Waals surface area contributed by atoms with E-state index in [2.05, 4.69) is 15.3 Å². The van der Waals surface area contributed by atoms with E-state index in [1.54, 1.807) is 0 Å². The number of anilines is 1. The Bertz CT molecular complexity index is 408. The zero-order valence-corrected chi connectivity index (χ0v) is 11.0. The summed E-state index contributed by atoms with van der Waals surface area (Å²) in [5.41, 5.74) is 5.99. The molecule has 0 aliphatic rings. The van der Waals surface area contributed by atoms with Crippen molar-refractivity contribution in [3.05, 3.63) is 17.0 Å². The van der Waals surface area contributed by atoms with Crippen LogP contribution in [0.1, 0.15) is 38.7 Å². The van der Waals surface area contributed by atoms with E-state index >= 15 is 0 Å². The third-order valence-corrected chi connectivity index (χ3v) is 2.60. The minimum absolute atomic E-state index is 0.0871. The van der Waals surface area contributed by atoms with Gasteiger partial charge < -0.3 is 11.1 Å². The topological polar surface area (TPSA) is 80.9 Å². The van der Waals surface area contributed by atoms with Gasteiger partial charge in [0.15, 0.2) is 0 Å². The zero-order valence-electron chi connectivity index (χ0n) is 10.2. The van der Waals surface area contributed by atoms with Crippen molar-refractivity contribution >= 4 is 23.3 Å². The molecule has 94 valence electrons. The smallest absolute Gasteiger partial charge is 0.219 e. The fourth-order valence-corrected chi connectivity index (χ4v) is 1.94. The van der Waals surface area contributed by atoms with Crippen LogP contribution in [0.3, 0.4) is 0 Å². The van der Waals surface area contributed by atoms with Crippen LogP contribution < -0.4 is 11.1 Å². The summed E-state index contributed by atoms with van der Waals surface area (Å²) in [4.78, 5) is 18.9. The molecule has 0 saturated carbocycles. The van der Waals surface area contributed by atoms with E-state index in [-0.39, 0.29) is 24.3 Å². The summed E-state index contributed by atoms with van der Waals surface area (Å²) in [7, 11) is 0. The second kappa shape index (κ2) is 5.82. The van der Waals surface area contributed by atoms with Gasteiger partial charge in [-0.2, -0.15) is 0 Å². The van der Waals surface area contributed by atoms with Crippen LogP contribution in [0.4, 0.5) is 5.82 Å². The largest absolute Gasteiger partial charge is 0.370 e. The quantitative estimate of drug-likeness (QED) is 0.789. The van der Waals surface area contributed by atoms with Gasteiger partial charge in [0.05, 0.1) is 0 Å². The molecule has 5 nitrogen and oxygen atoms in total. The lowest BCUT2D eigenvalue weighted by Gasteiger charge is -2.18. The van der Waals surface area contributed by atoms with E-state index in [0.29, 0.717) is 11.0 Å². The maximum absolute atomic E-state index is 10.8. The van der Waals surface area contributed by atoms with Crippen molar-refractivity contribution in [3.63, 3.8) is 0 Å². The molecule has 0 bridgehead atoms. The summed E-state index contributed by atoms with van der Waals surface area (Å²) in [6, 6.07) is -0.0871. The Balaban J connectivity index is 2.90. The molecule has 6 heteroatoms. The van der Waals surface area contributed by atoms with Crippen molar-refractivity contribution < 1.29 is 4.79 Å². The summed E-state index contributed by atoms with van der Waals surface area (Å²) < 4.78 is 0. The predicted molar refractivity (Wildman–Crippen MR) is 68.0 cm³/mol. The fraction of sp³-hybridized carbons (Fsp3) is 0.545. The molecule has 1 amide bonds. The van der Waals surface area contributed by atoms with E-state index in [1.165, 1.54) is 6.33 Å². The van der Waals surface area contributed by atoms with Crippen LogP contribution in [0.15, 0.2) is 6.33 Å². The Labute approximate surface area is 106 Å². The van der Waals surface area contributed by atoms with Crippen molar-refractivity contribution in [1.29, 1.82) is 0 Å². The van der Waals surface area contributed by atoms with Crippen LogP contribution in [-0.2, 0) is 4.79 Å². The summed E-state index contributed by atoms with van der Waals surface area (Å²) in [5, 5.41) is 3.56. The lowest BCUT2D eigenvalue weighted by molar-refractivity contribution is -0.118. The van der Waals surface area contributed by atoms with Crippen molar-refractivity contribution in [2.75, 3.05) is 5.32 Å². The first kappa shape index (κ1) is 13.7. The van der Waals surface area contributed by atoms with Crippen LogP contribution in [0.2, 0.25) is 5.15 Å². The highest BCUT2D eigenvalue weighted by molar-refractivity contribution is 6.30. The van der Waals surface area contributed by atoms with E-state index in [4.69, 9.17) is 17.3 Å². The molecule has 1 aromatic rings. The normalized spacial score (nSPS) is 12.5. The average molecular weight is 257 g/mol. The molecule has 17 heavy (non-hydrogen) atoms. The molecule has 0 saturated heterocycles. The fourth-order valence-electron chi connectivity index (χ4n) is 1.59. The third-order valence-electron chi connectivity index (χ3n) is 2.30. The number of halogens is 1. The lowest BCUT2D eigenvalue weighted by atomic mass is 10.1. The molecular weight excluding hydrogens is 240 g/mol. The maximum Gasteiger partial charge on any atom is 0.219 e. The van der Waals surface area contributed by atoms with Gasteiger partial charge in [0.25, 0.3) is 0 Å². The van der Waals surface area contributed by atoms with Crippen LogP contribution in [-0.4, -0.2) is 21.9 Å². The van der Waals surface area contributed by atoms with Crippen molar-refractivity contribution in [2.45, 2.75) is 39.2 Å². The number of amides is 1. The number of hydrogen-bond donors (Lipinski definition) is 2. The highest BCUT2D eigenvalue weighted by atomic mass is 35.5. The highest BCUT2D eigenvalue weighted by Crippen LogP contribution is 2.28. The number of aromatic nitrogens is 2. The monoisotopic (exact) mass is 256 g/mol. The Morgan fingerprint density at radius 3 is 2.65 bits per heavy atom. The summed E-state index contributed by atoms with van der Waals surface area (Å²) in [6.07, 6.45) is 1.65. The van der Waals surface area contributed by atoms with E-state index in [0.717, 1.165) is 5.56 Å². The van der Waals surface area contributed by atoms with Crippen LogP contribution in [0, 0.1) is 0 Å². The van der Waals surface area contributed by atoms with Crippen LogP contribution >= 0.6 is 11.6 Å². The second-order valence-corrected chi connectivity index (χ2v) is 4.66. The van der Waals surface area contributed by atoms with Crippen LogP contribution in [0.25, 0.3) is 0 Å². The van der Waals surface area contributed by atoms with E-state index in [1.807, 2.05) is 20.8 Å². The van der Waals surface area contributed by atoms with Crippen molar-refractivity contribution in [2.24, 2.45) is 5.73 Å². The Kier molecular flexibility index (Phi) is 4.69. The molecule has 0 aromatic carbocycles. The Morgan fingerprint density at radius 1 is 1.47 bits per heavy atom. The number of nitrogens with one attached hydrogen (secondary N) is 1. The molecule has 1 unspecified atom stereocenters. The third kappa shape index (κ3) is 3.85. The van der Waals surface area contributed by atoms with Gasteiger partial charge in [-0.3, -0.25) is 4.79 Å². The van der Waals surface area contributed by atoms with Crippen molar-refractivity contribution in [1.82, 2.24) is 9.97 Å². The summed E-state index contributed by atoms with van der Waals surface area (Å²) >= 11 is 6.03. The molecule has 1 rings (SSSR count). The summed E-state index contributed by atoms with van der Waals surface area (Å²) in [6.45, 7) is 5.88. The van der Waals surface area contributed by atoms with Gasteiger partial charge in [0, 0.05) is 18.0 Å². The van der Waals surface area contributed by atoms with Crippen molar-refractivity contribution in [3.8, 4) is 0 Å². The zero-order chi connectivity index (χ0) is 13.0. The number of nitrogens with zero attached hydrogens (tertiary/aromatic N) is 2. The molecular formula is C11H17ClN4O. The van der Waals surface area contributed by atoms with E-state index < -0.39 is 0 Å². The van der Waals surface area contributed by atoms with Crippen LogP contribution in [0.5, 0.6) is 0 Å². The van der Waals surface area contributed by atoms with Gasteiger partial charge in [-0.1, -0.05) is 25.4 Å². The van der Waals surface area contributed by atoms with Gasteiger partial charge in [0.2, 0.25) is 5.91 Å². The van der Waals surface area contributed by atoms with Gasteiger partial charge in [-0.05, 0) is 12.8 Å². The average Bonchev–Trinajstić information content (AvgIpc) is 2.15. The molecule has 3 N–H and O–H groups in total. The second-order valence-electron chi connectivity index (χ2n) is 4.30. The SMILES string of the molecule is CC(CC(N)=O)Nc1ncnc(Cl)c1C(C)C. The van der Waals surface area contributed by atoms with Gasteiger partial charge >= 0.3 is 0 Å².